The molecule has 76 valence electrons. The van der Waals surface area contributed by atoms with Gasteiger partial charge in [0.15, 0.2) is 0 Å². The third kappa shape index (κ3) is 3.38. The lowest BCUT2D eigenvalue weighted by Gasteiger charge is -2.00. The summed E-state index contributed by atoms with van der Waals surface area (Å²) >= 11 is 0. The van der Waals surface area contributed by atoms with Crippen molar-refractivity contribution in [3.63, 3.8) is 0 Å². The highest BCUT2D eigenvalue weighted by atomic mass is 16.5. The predicted octanol–water partition coefficient (Wildman–Crippen LogP) is 1.46. The zero-order valence-corrected chi connectivity index (χ0v) is 8.28. The van der Waals surface area contributed by atoms with Crippen LogP contribution in [-0.2, 0) is 9.53 Å². The van der Waals surface area contributed by atoms with Crippen molar-refractivity contribution in [1.82, 2.24) is 10.2 Å². The summed E-state index contributed by atoms with van der Waals surface area (Å²) in [5.41, 5.74) is 1.43. The summed E-state index contributed by atoms with van der Waals surface area (Å²) in [6, 6.07) is 0. The molecule has 0 fully saturated rings. The van der Waals surface area contributed by atoms with E-state index < -0.39 is 0 Å². The van der Waals surface area contributed by atoms with Crippen LogP contribution in [0.25, 0.3) is 0 Å². The van der Waals surface area contributed by atoms with Gasteiger partial charge in [-0.15, -0.1) is 0 Å². The van der Waals surface area contributed by atoms with Gasteiger partial charge in [-0.1, -0.05) is 0 Å². The Morgan fingerprint density at radius 3 is 3.07 bits per heavy atom. The number of nitrogens with zero attached hydrogens (tertiary/aromatic N) is 2. The predicted molar refractivity (Wildman–Crippen MR) is 52.6 cm³/mol. The second kappa shape index (κ2) is 5.16. The Labute approximate surface area is 82.2 Å². The Bertz CT molecular complexity index is 317. The van der Waals surface area contributed by atoms with Crippen molar-refractivity contribution in [2.45, 2.75) is 20.3 Å². The summed E-state index contributed by atoms with van der Waals surface area (Å²) in [7, 11) is 0. The molecule has 0 saturated heterocycles. The van der Waals surface area contributed by atoms with Gasteiger partial charge < -0.3 is 4.74 Å². The molecule has 0 aliphatic rings. The third-order valence-electron chi connectivity index (χ3n) is 1.51. The summed E-state index contributed by atoms with van der Waals surface area (Å²) in [6.45, 7) is 3.96. The van der Waals surface area contributed by atoms with Crippen molar-refractivity contribution < 1.29 is 9.53 Å². The number of aliphatic imine (C=N–C) groups is 1. The molecule has 0 atom stereocenters. The van der Waals surface area contributed by atoms with Crippen LogP contribution in [0.5, 0.6) is 0 Å². The minimum absolute atomic E-state index is 0.221. The molecule has 0 aromatic carbocycles. The van der Waals surface area contributed by atoms with Crippen LogP contribution in [0.2, 0.25) is 0 Å². The average molecular weight is 195 g/mol. The van der Waals surface area contributed by atoms with E-state index in [4.69, 9.17) is 4.74 Å². The molecule has 0 aliphatic carbocycles. The maximum absolute atomic E-state index is 11.1. The molecule has 0 radical (unpaired) electrons. The van der Waals surface area contributed by atoms with Gasteiger partial charge in [-0.2, -0.15) is 5.10 Å². The Kier molecular flexibility index (Phi) is 3.84. The fraction of sp³-hybridized carbons (Fsp3) is 0.444. The molecule has 5 heteroatoms. The SMILES string of the molecule is CCOC(=O)CC(C)=Nc1cn[nH]c1. The zero-order chi connectivity index (χ0) is 10.4. The van der Waals surface area contributed by atoms with Crippen molar-refractivity contribution in [1.29, 1.82) is 0 Å². The third-order valence-corrected chi connectivity index (χ3v) is 1.51. The van der Waals surface area contributed by atoms with Gasteiger partial charge in [-0.05, 0) is 13.8 Å². The van der Waals surface area contributed by atoms with Crippen molar-refractivity contribution in [3.8, 4) is 0 Å². The maximum Gasteiger partial charge on any atom is 0.311 e. The zero-order valence-electron chi connectivity index (χ0n) is 8.28. The van der Waals surface area contributed by atoms with E-state index in [-0.39, 0.29) is 12.4 Å². The number of aromatic amines is 1. The van der Waals surface area contributed by atoms with E-state index in [1.807, 2.05) is 0 Å². The van der Waals surface area contributed by atoms with E-state index in [2.05, 4.69) is 15.2 Å². The molecule has 0 amide bonds. The molecule has 1 aromatic rings. The molecule has 1 heterocycles. The second-order valence-electron chi connectivity index (χ2n) is 2.79. The van der Waals surface area contributed by atoms with Gasteiger partial charge >= 0.3 is 5.97 Å². The molecule has 0 spiro atoms. The number of ether oxygens (including phenoxy) is 1. The number of H-pyrrole nitrogens is 1. The Hall–Kier alpha value is -1.65. The van der Waals surface area contributed by atoms with Crippen LogP contribution in [0, 0.1) is 0 Å². The normalized spacial score (nSPS) is 11.4. The first-order valence-electron chi connectivity index (χ1n) is 4.41. The molecule has 1 N–H and O–H groups in total. The van der Waals surface area contributed by atoms with Gasteiger partial charge in [-0.25, -0.2) is 0 Å². The van der Waals surface area contributed by atoms with E-state index in [9.17, 15) is 4.79 Å². The number of carbonyl (C=O) groups excluding carboxylic acids is 1. The van der Waals surface area contributed by atoms with E-state index in [1.54, 1.807) is 26.2 Å². The van der Waals surface area contributed by atoms with Crippen molar-refractivity contribution in [2.24, 2.45) is 4.99 Å². The van der Waals surface area contributed by atoms with Gasteiger partial charge in [0.05, 0.1) is 19.2 Å². The smallest absolute Gasteiger partial charge is 0.311 e. The van der Waals surface area contributed by atoms with E-state index in [1.165, 1.54) is 0 Å². The van der Waals surface area contributed by atoms with Crippen LogP contribution in [0.4, 0.5) is 5.69 Å². The lowest BCUT2D eigenvalue weighted by molar-refractivity contribution is -0.141. The standard InChI is InChI=1S/C9H13N3O2/c1-3-14-9(13)4-7(2)12-8-5-10-11-6-8/h5-6H,3-4H2,1-2H3,(H,10,11). The molecule has 1 rings (SSSR count). The van der Waals surface area contributed by atoms with Gasteiger partial charge in [0.2, 0.25) is 0 Å². The van der Waals surface area contributed by atoms with Crippen LogP contribution in [0.15, 0.2) is 17.4 Å². The summed E-state index contributed by atoms with van der Waals surface area (Å²) < 4.78 is 4.79. The Morgan fingerprint density at radius 2 is 2.50 bits per heavy atom. The molecule has 14 heavy (non-hydrogen) atoms. The summed E-state index contributed by atoms with van der Waals surface area (Å²) in [5.74, 6) is -0.253. The fourth-order valence-electron chi connectivity index (χ4n) is 0.986. The van der Waals surface area contributed by atoms with Gasteiger partial charge in [-0.3, -0.25) is 14.9 Å². The van der Waals surface area contributed by atoms with E-state index in [0.29, 0.717) is 18.0 Å². The van der Waals surface area contributed by atoms with Crippen LogP contribution >= 0.6 is 0 Å². The van der Waals surface area contributed by atoms with Crippen LogP contribution in [-0.4, -0.2) is 28.5 Å². The molecular weight excluding hydrogens is 182 g/mol. The van der Waals surface area contributed by atoms with E-state index >= 15 is 0 Å². The van der Waals surface area contributed by atoms with Crippen molar-refractivity contribution >= 4 is 17.4 Å². The van der Waals surface area contributed by atoms with Crippen molar-refractivity contribution in [2.75, 3.05) is 6.61 Å². The minimum Gasteiger partial charge on any atom is -0.466 e. The number of rotatable bonds is 4. The average Bonchev–Trinajstić information content (AvgIpc) is 2.56. The molecule has 1 aromatic heterocycles. The first kappa shape index (κ1) is 10.4. The first-order chi connectivity index (χ1) is 6.72. The highest BCUT2D eigenvalue weighted by Crippen LogP contribution is 2.08. The van der Waals surface area contributed by atoms with Crippen LogP contribution < -0.4 is 0 Å². The first-order valence-corrected chi connectivity index (χ1v) is 4.41. The van der Waals surface area contributed by atoms with Crippen LogP contribution in [0.1, 0.15) is 20.3 Å². The molecule has 0 saturated carbocycles. The largest absolute Gasteiger partial charge is 0.466 e. The van der Waals surface area contributed by atoms with Crippen LogP contribution in [0.3, 0.4) is 0 Å². The summed E-state index contributed by atoms with van der Waals surface area (Å²) in [5, 5.41) is 6.38. The fourth-order valence-corrected chi connectivity index (χ4v) is 0.986. The monoisotopic (exact) mass is 195 g/mol. The molecule has 0 bridgehead atoms. The highest BCUT2D eigenvalue weighted by Gasteiger charge is 2.03. The Balaban J connectivity index is 2.49. The Morgan fingerprint density at radius 1 is 1.71 bits per heavy atom. The molecular formula is C9H13N3O2. The van der Waals surface area contributed by atoms with Gasteiger partial charge in [0.1, 0.15) is 5.69 Å². The quantitative estimate of drug-likeness (QED) is 0.584. The van der Waals surface area contributed by atoms with Crippen molar-refractivity contribution in [3.05, 3.63) is 12.4 Å². The molecule has 0 aliphatic heterocycles. The second-order valence-corrected chi connectivity index (χ2v) is 2.79. The highest BCUT2D eigenvalue weighted by molar-refractivity contribution is 5.98. The topological polar surface area (TPSA) is 67.3 Å². The van der Waals surface area contributed by atoms with Gasteiger partial charge in [0.25, 0.3) is 0 Å². The summed E-state index contributed by atoms with van der Waals surface area (Å²) in [6.07, 6.45) is 3.47. The molecule has 5 nitrogen and oxygen atoms in total. The lowest BCUT2D eigenvalue weighted by atomic mass is 10.3. The number of nitrogens with one attached hydrogen (secondary N) is 1. The number of aromatic nitrogens is 2. The lowest BCUT2D eigenvalue weighted by Crippen LogP contribution is -2.08. The van der Waals surface area contributed by atoms with Gasteiger partial charge in [0, 0.05) is 11.9 Å². The minimum atomic E-state index is -0.253. The maximum atomic E-state index is 11.1. The van der Waals surface area contributed by atoms with E-state index in [0.717, 1.165) is 0 Å². The number of carbonyl (C=O) groups is 1. The number of esters is 1. The number of hydrogen-bond donors (Lipinski definition) is 1. The molecule has 0 unspecified atom stereocenters. The summed E-state index contributed by atoms with van der Waals surface area (Å²) in [4.78, 5) is 15.2. The number of hydrogen-bond acceptors (Lipinski definition) is 4.